The number of guanidine groups is 1. The predicted octanol–water partition coefficient (Wildman–Crippen LogP) is 4.34. The zero-order valence-electron chi connectivity index (χ0n) is 18.4. The van der Waals surface area contributed by atoms with Crippen LogP contribution in [0.25, 0.3) is 0 Å². The van der Waals surface area contributed by atoms with E-state index in [1.807, 2.05) is 27.7 Å². The van der Waals surface area contributed by atoms with Gasteiger partial charge in [0.05, 0.1) is 17.2 Å². The van der Waals surface area contributed by atoms with Crippen molar-refractivity contribution >= 4 is 47.4 Å². The molecule has 1 aliphatic heterocycles. The Morgan fingerprint density at radius 1 is 1.45 bits per heavy atom. The van der Waals surface area contributed by atoms with Crippen molar-refractivity contribution in [2.45, 2.75) is 78.5 Å². The molecule has 1 aromatic rings. The van der Waals surface area contributed by atoms with Gasteiger partial charge < -0.3 is 20.3 Å². The molecule has 1 fully saturated rings. The highest BCUT2D eigenvalue weighted by molar-refractivity contribution is 14.0. The number of piperidine rings is 1. The Morgan fingerprint density at radius 2 is 2.17 bits per heavy atom. The largest absolute Gasteiger partial charge is 0.444 e. The van der Waals surface area contributed by atoms with Gasteiger partial charge in [-0.1, -0.05) is 13.8 Å². The smallest absolute Gasteiger partial charge is 0.410 e. The summed E-state index contributed by atoms with van der Waals surface area (Å²) >= 11 is 1.69. The highest BCUT2D eigenvalue weighted by Gasteiger charge is 2.28. The third-order valence-corrected chi connectivity index (χ3v) is 5.41. The van der Waals surface area contributed by atoms with E-state index in [0.717, 1.165) is 42.6 Å². The van der Waals surface area contributed by atoms with E-state index in [-0.39, 0.29) is 36.1 Å². The molecule has 0 bridgehead atoms. The number of carbonyl (C=O) groups excluding carboxylic acids is 1. The van der Waals surface area contributed by atoms with E-state index in [0.29, 0.717) is 19.0 Å². The molecule has 2 heterocycles. The fraction of sp³-hybridized carbons (Fsp3) is 0.750. The fourth-order valence-corrected chi connectivity index (χ4v) is 3.75. The molecular weight excluding hydrogens is 501 g/mol. The standard InChI is InChI=1S/C20H35N5O2S.HI/c1-7-21-18(22-11-16-13-28-17(23-16)14(2)3)24-15-9-8-10-25(12-15)19(26)27-20(4,5)6;/h13-15H,7-12H2,1-6H3,(H2,21,22,24);1H. The van der Waals surface area contributed by atoms with Crippen LogP contribution < -0.4 is 10.6 Å². The van der Waals surface area contributed by atoms with Gasteiger partial charge in [-0.15, -0.1) is 35.3 Å². The molecule has 7 nitrogen and oxygen atoms in total. The Labute approximate surface area is 196 Å². The number of aliphatic imine (C=N–C) groups is 1. The van der Waals surface area contributed by atoms with E-state index >= 15 is 0 Å². The van der Waals surface area contributed by atoms with Gasteiger partial charge in [0.25, 0.3) is 0 Å². The summed E-state index contributed by atoms with van der Waals surface area (Å²) in [5.74, 6) is 1.20. The molecule has 1 amide bonds. The molecule has 1 atom stereocenters. The Balaban J connectivity index is 0.00000420. The maximum Gasteiger partial charge on any atom is 0.410 e. The van der Waals surface area contributed by atoms with Crippen molar-refractivity contribution in [1.82, 2.24) is 20.5 Å². The first-order valence-corrected chi connectivity index (χ1v) is 11.0. The minimum absolute atomic E-state index is 0. The molecule has 1 unspecified atom stereocenters. The van der Waals surface area contributed by atoms with Crippen molar-refractivity contribution in [2.75, 3.05) is 19.6 Å². The average molecular weight is 538 g/mol. The summed E-state index contributed by atoms with van der Waals surface area (Å²) in [4.78, 5) is 23.5. The number of rotatable bonds is 5. The van der Waals surface area contributed by atoms with Gasteiger partial charge in [-0.2, -0.15) is 0 Å². The van der Waals surface area contributed by atoms with Crippen molar-refractivity contribution in [3.05, 3.63) is 16.1 Å². The molecule has 0 radical (unpaired) electrons. The highest BCUT2D eigenvalue weighted by Crippen LogP contribution is 2.19. The molecule has 9 heteroatoms. The van der Waals surface area contributed by atoms with Crippen LogP contribution in [-0.2, 0) is 11.3 Å². The minimum Gasteiger partial charge on any atom is -0.444 e. The summed E-state index contributed by atoms with van der Waals surface area (Å²) in [6, 6.07) is 0.153. The molecule has 2 N–H and O–H groups in total. The average Bonchev–Trinajstić information content (AvgIpc) is 3.08. The van der Waals surface area contributed by atoms with Crippen molar-refractivity contribution in [3.8, 4) is 0 Å². The molecule has 1 saturated heterocycles. The maximum atomic E-state index is 12.4. The Kier molecular flexibility index (Phi) is 10.7. The third-order valence-electron chi connectivity index (χ3n) is 4.22. The van der Waals surface area contributed by atoms with Crippen LogP contribution in [0.4, 0.5) is 4.79 Å². The Morgan fingerprint density at radius 3 is 2.76 bits per heavy atom. The van der Waals surface area contributed by atoms with E-state index in [1.165, 1.54) is 0 Å². The number of halogens is 1. The van der Waals surface area contributed by atoms with E-state index in [4.69, 9.17) is 4.74 Å². The van der Waals surface area contributed by atoms with Gasteiger partial charge in [0.1, 0.15) is 5.60 Å². The zero-order valence-corrected chi connectivity index (χ0v) is 21.6. The van der Waals surface area contributed by atoms with Gasteiger partial charge in [-0.25, -0.2) is 14.8 Å². The number of ether oxygens (including phenoxy) is 1. The van der Waals surface area contributed by atoms with Gasteiger partial charge in [0, 0.05) is 37.0 Å². The van der Waals surface area contributed by atoms with Crippen LogP contribution in [0.1, 0.15) is 71.0 Å². The monoisotopic (exact) mass is 537 g/mol. The van der Waals surface area contributed by atoms with Crippen LogP contribution in [0.15, 0.2) is 10.4 Å². The minimum atomic E-state index is -0.476. The van der Waals surface area contributed by atoms with Gasteiger partial charge >= 0.3 is 6.09 Å². The second-order valence-electron chi connectivity index (χ2n) is 8.44. The summed E-state index contributed by atoms with van der Waals surface area (Å²) < 4.78 is 5.51. The topological polar surface area (TPSA) is 78.9 Å². The maximum absolute atomic E-state index is 12.4. The third kappa shape index (κ3) is 9.06. The first-order valence-electron chi connectivity index (χ1n) is 10.1. The lowest BCUT2D eigenvalue weighted by Crippen LogP contribution is -2.53. The molecule has 0 aliphatic carbocycles. The Bertz CT molecular complexity index is 672. The van der Waals surface area contributed by atoms with Crippen LogP contribution in [0.5, 0.6) is 0 Å². The lowest BCUT2D eigenvalue weighted by atomic mass is 10.1. The lowest BCUT2D eigenvalue weighted by Gasteiger charge is -2.35. The van der Waals surface area contributed by atoms with Gasteiger partial charge in [0.2, 0.25) is 0 Å². The molecule has 166 valence electrons. The van der Waals surface area contributed by atoms with Crippen LogP contribution >= 0.6 is 35.3 Å². The molecule has 0 aromatic carbocycles. The van der Waals surface area contributed by atoms with Crippen LogP contribution in [0.2, 0.25) is 0 Å². The number of nitrogens with one attached hydrogen (secondary N) is 2. The summed E-state index contributed by atoms with van der Waals surface area (Å²) in [5, 5.41) is 9.98. The van der Waals surface area contributed by atoms with Crippen molar-refractivity contribution < 1.29 is 9.53 Å². The molecule has 29 heavy (non-hydrogen) atoms. The first-order chi connectivity index (χ1) is 13.2. The van der Waals surface area contributed by atoms with E-state index < -0.39 is 5.60 Å². The second-order valence-corrected chi connectivity index (χ2v) is 9.33. The molecule has 0 saturated carbocycles. The van der Waals surface area contributed by atoms with Crippen LogP contribution in [0.3, 0.4) is 0 Å². The van der Waals surface area contributed by atoms with Crippen molar-refractivity contribution in [1.29, 1.82) is 0 Å². The summed E-state index contributed by atoms with van der Waals surface area (Å²) in [6.07, 6.45) is 1.70. The molecule has 1 aromatic heterocycles. The first kappa shape index (κ1) is 25.9. The quantitative estimate of drug-likeness (QED) is 0.332. The van der Waals surface area contributed by atoms with Crippen LogP contribution in [-0.4, -0.2) is 53.2 Å². The van der Waals surface area contributed by atoms with Gasteiger partial charge in [-0.05, 0) is 40.5 Å². The molecule has 1 aliphatic rings. The number of carbonyl (C=O) groups is 1. The molecular formula is C20H36IN5O2S. The number of likely N-dealkylation sites (tertiary alicyclic amines) is 1. The lowest BCUT2D eigenvalue weighted by molar-refractivity contribution is 0.0193. The van der Waals surface area contributed by atoms with Crippen LogP contribution in [0, 0.1) is 0 Å². The number of nitrogens with zero attached hydrogens (tertiary/aromatic N) is 3. The highest BCUT2D eigenvalue weighted by atomic mass is 127. The Hall–Kier alpha value is -1.10. The van der Waals surface area contributed by atoms with E-state index in [2.05, 4.69) is 39.8 Å². The molecule has 0 spiro atoms. The van der Waals surface area contributed by atoms with Crippen molar-refractivity contribution in [3.63, 3.8) is 0 Å². The van der Waals surface area contributed by atoms with Crippen molar-refractivity contribution in [2.24, 2.45) is 4.99 Å². The number of aromatic nitrogens is 1. The second kappa shape index (κ2) is 11.9. The predicted molar refractivity (Wildman–Crippen MR) is 130 cm³/mol. The number of amides is 1. The van der Waals surface area contributed by atoms with E-state index in [9.17, 15) is 4.79 Å². The van der Waals surface area contributed by atoms with Gasteiger partial charge in [-0.3, -0.25) is 0 Å². The SMILES string of the molecule is CCNC(=NCc1csc(C(C)C)n1)NC1CCCN(C(=O)OC(C)(C)C)C1.I. The summed E-state index contributed by atoms with van der Waals surface area (Å²) in [5.41, 5.74) is 0.515. The zero-order chi connectivity index (χ0) is 20.7. The normalized spacial score (nSPS) is 17.7. The summed E-state index contributed by atoms with van der Waals surface area (Å²) in [7, 11) is 0. The number of hydrogen-bond acceptors (Lipinski definition) is 5. The van der Waals surface area contributed by atoms with Gasteiger partial charge in [0.15, 0.2) is 5.96 Å². The molecule has 2 rings (SSSR count). The number of thiazole rings is 1. The fourth-order valence-electron chi connectivity index (χ4n) is 2.92. The number of hydrogen-bond donors (Lipinski definition) is 2. The summed E-state index contributed by atoms with van der Waals surface area (Å²) in [6.45, 7) is 14.7. The van der Waals surface area contributed by atoms with E-state index in [1.54, 1.807) is 16.2 Å².